The minimum absolute atomic E-state index is 0.0448. The molecule has 2 N–H and O–H groups in total. The van der Waals surface area contributed by atoms with Crippen LogP contribution in [0.2, 0.25) is 0 Å². The standard InChI is InChI=1S/C15H24N2O3S/c1-11(14(18)19)5-4-6-12(2)16-15(20)17(3)9-13-7-8-21-10-13/h7-8,10-12H,4-6,9H2,1-3H3,(H,16,20)(H,18,19). The average molecular weight is 312 g/mol. The molecule has 0 radical (unpaired) electrons. The number of nitrogens with zero attached hydrogens (tertiary/aromatic N) is 1. The average Bonchev–Trinajstić information content (AvgIpc) is 2.91. The van der Waals surface area contributed by atoms with E-state index >= 15 is 0 Å². The number of hydrogen-bond acceptors (Lipinski definition) is 3. The fourth-order valence-corrected chi connectivity index (χ4v) is 2.63. The second-order valence-electron chi connectivity index (χ2n) is 5.51. The molecular weight excluding hydrogens is 288 g/mol. The lowest BCUT2D eigenvalue weighted by Crippen LogP contribution is -2.41. The summed E-state index contributed by atoms with van der Waals surface area (Å²) in [6, 6.07) is 1.95. The zero-order valence-electron chi connectivity index (χ0n) is 12.8. The number of aliphatic carboxylic acids is 1. The van der Waals surface area contributed by atoms with Crippen molar-refractivity contribution < 1.29 is 14.7 Å². The molecule has 2 atom stereocenters. The Morgan fingerprint density at radius 2 is 2.10 bits per heavy atom. The molecule has 1 rings (SSSR count). The fourth-order valence-electron chi connectivity index (χ4n) is 1.98. The lowest BCUT2D eigenvalue weighted by atomic mass is 10.0. The number of carbonyl (C=O) groups excluding carboxylic acids is 1. The number of carbonyl (C=O) groups is 2. The van der Waals surface area contributed by atoms with Gasteiger partial charge in [0.15, 0.2) is 0 Å². The van der Waals surface area contributed by atoms with E-state index in [9.17, 15) is 9.59 Å². The first-order chi connectivity index (χ1) is 9.90. The Bertz CT molecular complexity index is 448. The summed E-state index contributed by atoms with van der Waals surface area (Å²) in [4.78, 5) is 24.4. The lowest BCUT2D eigenvalue weighted by Gasteiger charge is -2.21. The summed E-state index contributed by atoms with van der Waals surface area (Å²) in [6.07, 6.45) is 2.22. The lowest BCUT2D eigenvalue weighted by molar-refractivity contribution is -0.141. The molecule has 0 aliphatic heterocycles. The van der Waals surface area contributed by atoms with Crippen LogP contribution >= 0.6 is 11.3 Å². The van der Waals surface area contributed by atoms with Crippen molar-refractivity contribution in [2.45, 2.75) is 45.7 Å². The van der Waals surface area contributed by atoms with Gasteiger partial charge in [0, 0.05) is 19.6 Å². The van der Waals surface area contributed by atoms with E-state index in [1.165, 1.54) is 0 Å². The van der Waals surface area contributed by atoms with Gasteiger partial charge in [-0.25, -0.2) is 4.79 Å². The summed E-state index contributed by atoms with van der Waals surface area (Å²) in [5, 5.41) is 15.8. The Balaban J connectivity index is 2.25. The number of hydrogen-bond donors (Lipinski definition) is 2. The highest BCUT2D eigenvalue weighted by atomic mass is 32.1. The van der Waals surface area contributed by atoms with Gasteiger partial charge in [-0.05, 0) is 42.2 Å². The molecule has 0 aliphatic carbocycles. The highest BCUT2D eigenvalue weighted by Gasteiger charge is 2.14. The van der Waals surface area contributed by atoms with E-state index in [2.05, 4.69) is 5.32 Å². The van der Waals surface area contributed by atoms with Crippen LogP contribution in [0.3, 0.4) is 0 Å². The van der Waals surface area contributed by atoms with Crippen LogP contribution in [-0.2, 0) is 11.3 Å². The predicted octanol–water partition coefficient (Wildman–Crippen LogP) is 3.17. The normalized spacial score (nSPS) is 13.5. The molecule has 0 saturated heterocycles. The molecule has 2 amide bonds. The van der Waals surface area contributed by atoms with Crippen molar-refractivity contribution >= 4 is 23.3 Å². The van der Waals surface area contributed by atoms with Crippen LogP contribution in [0.5, 0.6) is 0 Å². The highest BCUT2D eigenvalue weighted by Crippen LogP contribution is 2.11. The molecule has 5 nitrogen and oxygen atoms in total. The monoisotopic (exact) mass is 312 g/mol. The Morgan fingerprint density at radius 3 is 2.67 bits per heavy atom. The first-order valence-electron chi connectivity index (χ1n) is 7.15. The number of carboxylic acids is 1. The van der Waals surface area contributed by atoms with Gasteiger partial charge in [-0.1, -0.05) is 13.3 Å². The second kappa shape index (κ2) is 8.67. The molecule has 21 heavy (non-hydrogen) atoms. The number of rotatable bonds is 8. The number of amides is 2. The number of carboxylic acid groups (broad SMARTS) is 1. The van der Waals surface area contributed by atoms with E-state index < -0.39 is 5.97 Å². The molecular formula is C15H24N2O3S. The van der Waals surface area contributed by atoms with Crippen LogP contribution in [0.25, 0.3) is 0 Å². The van der Waals surface area contributed by atoms with Crippen LogP contribution in [0.15, 0.2) is 16.8 Å². The van der Waals surface area contributed by atoms with E-state index in [-0.39, 0.29) is 18.0 Å². The summed E-state index contributed by atoms with van der Waals surface area (Å²) in [5.41, 5.74) is 1.13. The molecule has 1 heterocycles. The molecule has 0 bridgehead atoms. The summed E-state index contributed by atoms with van der Waals surface area (Å²) < 4.78 is 0. The van der Waals surface area contributed by atoms with E-state index in [0.29, 0.717) is 13.0 Å². The number of urea groups is 1. The van der Waals surface area contributed by atoms with Gasteiger partial charge in [-0.2, -0.15) is 11.3 Å². The molecule has 1 aromatic heterocycles. The van der Waals surface area contributed by atoms with Gasteiger partial charge in [0.25, 0.3) is 0 Å². The fraction of sp³-hybridized carbons (Fsp3) is 0.600. The molecule has 0 aliphatic rings. The van der Waals surface area contributed by atoms with E-state index in [0.717, 1.165) is 18.4 Å². The van der Waals surface area contributed by atoms with Gasteiger partial charge in [-0.3, -0.25) is 4.79 Å². The maximum Gasteiger partial charge on any atom is 0.317 e. The van der Waals surface area contributed by atoms with Crippen LogP contribution in [0.4, 0.5) is 4.79 Å². The minimum Gasteiger partial charge on any atom is -0.481 e. The van der Waals surface area contributed by atoms with E-state index in [1.807, 2.05) is 23.8 Å². The molecule has 118 valence electrons. The molecule has 0 saturated carbocycles. The molecule has 0 spiro atoms. The van der Waals surface area contributed by atoms with Gasteiger partial charge in [0.1, 0.15) is 0 Å². The molecule has 6 heteroatoms. The second-order valence-corrected chi connectivity index (χ2v) is 6.29. The Labute approximate surface area is 130 Å². The van der Waals surface area contributed by atoms with Crippen LogP contribution < -0.4 is 5.32 Å². The van der Waals surface area contributed by atoms with Crippen LogP contribution in [0.1, 0.15) is 38.7 Å². The van der Waals surface area contributed by atoms with E-state index in [4.69, 9.17) is 5.11 Å². The van der Waals surface area contributed by atoms with Gasteiger partial charge in [0.05, 0.1) is 5.92 Å². The van der Waals surface area contributed by atoms with Crippen molar-refractivity contribution in [2.24, 2.45) is 5.92 Å². The van der Waals surface area contributed by atoms with Crippen molar-refractivity contribution in [3.63, 3.8) is 0 Å². The maximum absolute atomic E-state index is 12.0. The van der Waals surface area contributed by atoms with E-state index in [1.54, 1.807) is 30.2 Å². The first kappa shape index (κ1) is 17.5. The first-order valence-corrected chi connectivity index (χ1v) is 8.10. The Morgan fingerprint density at radius 1 is 1.38 bits per heavy atom. The molecule has 2 unspecified atom stereocenters. The minimum atomic E-state index is -0.762. The molecule has 1 aromatic rings. The van der Waals surface area contributed by atoms with Crippen LogP contribution in [0, 0.1) is 5.92 Å². The smallest absolute Gasteiger partial charge is 0.317 e. The van der Waals surface area contributed by atoms with Gasteiger partial charge in [-0.15, -0.1) is 0 Å². The third-order valence-corrected chi connectivity index (χ3v) is 4.14. The Kier molecular flexibility index (Phi) is 7.22. The van der Waals surface area contributed by atoms with Crippen molar-refractivity contribution in [1.29, 1.82) is 0 Å². The van der Waals surface area contributed by atoms with Crippen molar-refractivity contribution in [3.8, 4) is 0 Å². The summed E-state index contributed by atoms with van der Waals surface area (Å²) >= 11 is 1.62. The van der Waals surface area contributed by atoms with Crippen molar-refractivity contribution in [2.75, 3.05) is 7.05 Å². The largest absolute Gasteiger partial charge is 0.481 e. The summed E-state index contributed by atoms with van der Waals surface area (Å²) in [5.74, 6) is -1.09. The summed E-state index contributed by atoms with van der Waals surface area (Å²) in [6.45, 7) is 4.25. The van der Waals surface area contributed by atoms with Crippen LogP contribution in [-0.4, -0.2) is 35.1 Å². The molecule has 0 aromatic carbocycles. The molecule has 0 fully saturated rings. The highest BCUT2D eigenvalue weighted by molar-refractivity contribution is 7.07. The summed E-state index contributed by atoms with van der Waals surface area (Å²) in [7, 11) is 1.77. The van der Waals surface area contributed by atoms with Crippen molar-refractivity contribution in [1.82, 2.24) is 10.2 Å². The number of nitrogens with one attached hydrogen (secondary N) is 1. The topological polar surface area (TPSA) is 69.6 Å². The maximum atomic E-state index is 12.0. The zero-order chi connectivity index (χ0) is 15.8. The predicted molar refractivity (Wildman–Crippen MR) is 84.4 cm³/mol. The third-order valence-electron chi connectivity index (χ3n) is 3.41. The zero-order valence-corrected chi connectivity index (χ0v) is 13.7. The third kappa shape index (κ3) is 6.62. The van der Waals surface area contributed by atoms with Gasteiger partial charge < -0.3 is 15.3 Å². The quantitative estimate of drug-likeness (QED) is 0.774. The SMILES string of the molecule is CC(CCCC(C)C(=O)O)NC(=O)N(C)Cc1ccsc1. The Hall–Kier alpha value is -1.56. The van der Waals surface area contributed by atoms with Crippen molar-refractivity contribution in [3.05, 3.63) is 22.4 Å². The van der Waals surface area contributed by atoms with Gasteiger partial charge in [0.2, 0.25) is 0 Å². The number of thiophene rings is 1. The van der Waals surface area contributed by atoms with Gasteiger partial charge >= 0.3 is 12.0 Å².